The van der Waals surface area contributed by atoms with Crippen molar-refractivity contribution in [3.63, 3.8) is 0 Å². The minimum atomic E-state index is -4.52. The fourth-order valence-corrected chi connectivity index (χ4v) is 2.62. The van der Waals surface area contributed by atoms with Crippen LogP contribution >= 0.6 is 24.0 Å². The summed E-state index contributed by atoms with van der Waals surface area (Å²) in [6, 6.07) is 0.896. The van der Waals surface area contributed by atoms with Crippen molar-refractivity contribution in [2.75, 3.05) is 38.1 Å². The van der Waals surface area contributed by atoms with Crippen molar-refractivity contribution in [2.24, 2.45) is 10.7 Å². The molecule has 1 aliphatic rings. The molecule has 0 unspecified atom stereocenters. The average Bonchev–Trinajstić information content (AvgIpc) is 2.65. The lowest BCUT2D eigenvalue weighted by Gasteiger charge is -2.31. The van der Waals surface area contributed by atoms with Crippen LogP contribution in [0.4, 0.5) is 23.9 Å². The first-order chi connectivity index (χ1) is 13.3. The fraction of sp³-hybridized carbons (Fsp3) is 0.625. The van der Waals surface area contributed by atoms with Crippen LogP contribution in [0.5, 0.6) is 0 Å². The molecule has 4 N–H and O–H groups in total. The fourth-order valence-electron chi connectivity index (χ4n) is 2.62. The Kier molecular flexibility index (Phi) is 10.2. The summed E-state index contributed by atoms with van der Waals surface area (Å²) in [5.74, 6) is 0.115. The average molecular weight is 531 g/mol. The zero-order valence-corrected chi connectivity index (χ0v) is 18.2. The number of nitrogens with one attached hydrogen (secondary N) is 2. The SMILES string of the molecule is CCOC(=O)N1CCC(NC(N)=NCCNc2nccc(C(F)(F)F)n2)CC1.I. The second kappa shape index (κ2) is 11.8. The second-order valence-corrected chi connectivity index (χ2v) is 6.06. The van der Waals surface area contributed by atoms with E-state index < -0.39 is 11.9 Å². The summed E-state index contributed by atoms with van der Waals surface area (Å²) in [5, 5.41) is 5.75. The molecule has 0 atom stereocenters. The van der Waals surface area contributed by atoms with Gasteiger partial charge in [0.05, 0.1) is 13.2 Å². The number of alkyl halides is 3. The molecule has 1 saturated heterocycles. The van der Waals surface area contributed by atoms with Crippen LogP contribution in [0.15, 0.2) is 17.3 Å². The van der Waals surface area contributed by atoms with E-state index in [4.69, 9.17) is 10.5 Å². The van der Waals surface area contributed by atoms with Gasteiger partial charge in [-0.15, -0.1) is 24.0 Å². The van der Waals surface area contributed by atoms with Gasteiger partial charge in [0.25, 0.3) is 0 Å². The quantitative estimate of drug-likeness (QED) is 0.223. The highest BCUT2D eigenvalue weighted by Crippen LogP contribution is 2.27. The van der Waals surface area contributed by atoms with Gasteiger partial charge in [-0.2, -0.15) is 13.2 Å². The number of likely N-dealkylation sites (tertiary alicyclic amines) is 1. The number of halogens is 4. The van der Waals surface area contributed by atoms with E-state index in [0.717, 1.165) is 12.3 Å². The Morgan fingerprint density at radius 1 is 1.41 bits per heavy atom. The van der Waals surface area contributed by atoms with Crippen LogP contribution in [0.1, 0.15) is 25.5 Å². The minimum Gasteiger partial charge on any atom is -0.450 e. The summed E-state index contributed by atoms with van der Waals surface area (Å²) in [5.41, 5.74) is 4.82. The minimum absolute atomic E-state index is 0. The number of anilines is 1. The third-order valence-electron chi connectivity index (χ3n) is 4.00. The highest BCUT2D eigenvalue weighted by atomic mass is 127. The van der Waals surface area contributed by atoms with Gasteiger partial charge >= 0.3 is 12.3 Å². The van der Waals surface area contributed by atoms with E-state index in [9.17, 15) is 18.0 Å². The number of aromatic nitrogens is 2. The number of ether oxygens (including phenoxy) is 1. The van der Waals surface area contributed by atoms with Crippen molar-refractivity contribution in [1.82, 2.24) is 20.2 Å². The molecule has 1 aromatic rings. The van der Waals surface area contributed by atoms with Crippen LogP contribution in [0.3, 0.4) is 0 Å². The number of piperidine rings is 1. The Balaban J connectivity index is 0.00000420. The maximum absolute atomic E-state index is 12.6. The number of amides is 1. The first kappa shape index (κ1) is 25.0. The van der Waals surface area contributed by atoms with E-state index in [1.165, 1.54) is 0 Å². The van der Waals surface area contributed by atoms with Gasteiger partial charge in [-0.1, -0.05) is 0 Å². The summed E-state index contributed by atoms with van der Waals surface area (Å²) in [6.45, 7) is 3.70. The molecule has 13 heteroatoms. The first-order valence-corrected chi connectivity index (χ1v) is 8.92. The summed E-state index contributed by atoms with van der Waals surface area (Å²) < 4.78 is 42.8. The van der Waals surface area contributed by atoms with Gasteiger partial charge in [0.1, 0.15) is 5.69 Å². The number of hydrogen-bond donors (Lipinski definition) is 3. The van der Waals surface area contributed by atoms with Crippen molar-refractivity contribution in [3.8, 4) is 0 Å². The van der Waals surface area contributed by atoms with Crippen molar-refractivity contribution in [3.05, 3.63) is 18.0 Å². The molecule has 1 aliphatic heterocycles. The summed E-state index contributed by atoms with van der Waals surface area (Å²) in [4.78, 5) is 24.6. The molecule has 2 heterocycles. The van der Waals surface area contributed by atoms with Crippen LogP contribution < -0.4 is 16.4 Å². The number of carbonyl (C=O) groups excluding carboxylic acids is 1. The number of nitrogens with zero attached hydrogens (tertiary/aromatic N) is 4. The van der Waals surface area contributed by atoms with E-state index >= 15 is 0 Å². The zero-order valence-electron chi connectivity index (χ0n) is 15.9. The molecule has 0 spiro atoms. The molecular formula is C16H25F3IN7O2. The Hall–Kier alpha value is -2.06. The normalized spacial score (nSPS) is 15.4. The predicted octanol–water partition coefficient (Wildman–Crippen LogP) is 2.05. The molecule has 0 bridgehead atoms. The van der Waals surface area contributed by atoms with Gasteiger partial charge in [0, 0.05) is 31.9 Å². The van der Waals surface area contributed by atoms with Crippen molar-refractivity contribution in [1.29, 1.82) is 0 Å². The Labute approximate surface area is 183 Å². The van der Waals surface area contributed by atoms with E-state index in [1.807, 2.05) is 0 Å². The zero-order chi connectivity index (χ0) is 20.6. The number of aliphatic imine (C=N–C) groups is 1. The van der Waals surface area contributed by atoms with Crippen LogP contribution in [-0.4, -0.2) is 65.7 Å². The van der Waals surface area contributed by atoms with E-state index in [2.05, 4.69) is 25.6 Å². The number of rotatable bonds is 6. The molecule has 164 valence electrons. The topological polar surface area (TPSA) is 118 Å². The molecule has 9 nitrogen and oxygen atoms in total. The van der Waals surface area contributed by atoms with Crippen LogP contribution in [-0.2, 0) is 10.9 Å². The Morgan fingerprint density at radius 3 is 2.72 bits per heavy atom. The van der Waals surface area contributed by atoms with E-state index in [-0.39, 0.29) is 61.1 Å². The molecule has 0 aromatic carbocycles. The number of nitrogens with two attached hydrogens (primary N) is 1. The molecule has 1 fully saturated rings. The molecule has 0 saturated carbocycles. The van der Waals surface area contributed by atoms with Gasteiger partial charge in [0.2, 0.25) is 5.95 Å². The Bertz CT molecular complexity index is 683. The highest BCUT2D eigenvalue weighted by molar-refractivity contribution is 14.0. The summed E-state index contributed by atoms with van der Waals surface area (Å²) in [7, 11) is 0. The predicted molar refractivity (Wildman–Crippen MR) is 112 cm³/mol. The molecule has 0 radical (unpaired) electrons. The third kappa shape index (κ3) is 8.45. The number of guanidine groups is 1. The summed E-state index contributed by atoms with van der Waals surface area (Å²) in [6.07, 6.45) is -2.36. The molecule has 29 heavy (non-hydrogen) atoms. The van der Waals surface area contributed by atoms with Gasteiger partial charge in [0.15, 0.2) is 5.96 Å². The number of carbonyl (C=O) groups is 1. The van der Waals surface area contributed by atoms with Gasteiger partial charge in [-0.05, 0) is 25.8 Å². The van der Waals surface area contributed by atoms with Crippen molar-refractivity contribution < 1.29 is 22.7 Å². The third-order valence-corrected chi connectivity index (χ3v) is 4.00. The van der Waals surface area contributed by atoms with Crippen LogP contribution in [0.25, 0.3) is 0 Å². The lowest BCUT2D eigenvalue weighted by molar-refractivity contribution is -0.141. The smallest absolute Gasteiger partial charge is 0.433 e. The van der Waals surface area contributed by atoms with Crippen molar-refractivity contribution in [2.45, 2.75) is 32.0 Å². The van der Waals surface area contributed by atoms with Crippen LogP contribution in [0, 0.1) is 0 Å². The number of hydrogen-bond acceptors (Lipinski definition) is 6. The largest absolute Gasteiger partial charge is 0.450 e. The van der Waals surface area contributed by atoms with Crippen LogP contribution in [0.2, 0.25) is 0 Å². The maximum Gasteiger partial charge on any atom is 0.433 e. The Morgan fingerprint density at radius 2 is 2.10 bits per heavy atom. The van der Waals surface area contributed by atoms with E-state index in [1.54, 1.807) is 11.8 Å². The maximum atomic E-state index is 12.6. The summed E-state index contributed by atoms with van der Waals surface area (Å²) >= 11 is 0. The van der Waals surface area contributed by atoms with Gasteiger partial charge in [-0.3, -0.25) is 4.99 Å². The highest BCUT2D eigenvalue weighted by Gasteiger charge is 2.32. The lowest BCUT2D eigenvalue weighted by atomic mass is 10.1. The molecule has 2 rings (SSSR count). The second-order valence-electron chi connectivity index (χ2n) is 6.06. The van der Waals surface area contributed by atoms with Gasteiger partial charge < -0.3 is 26.0 Å². The molecule has 1 amide bonds. The monoisotopic (exact) mass is 531 g/mol. The standard InChI is InChI=1S/C16H24F3N7O2.HI/c1-2-28-15(27)26-9-4-11(5-10-26)24-13(20)21-7-8-23-14-22-6-3-12(25-14)16(17,18)19;/h3,6,11H,2,4-5,7-10H2,1H3,(H3,20,21,24)(H,22,23,25);1H. The van der Waals surface area contributed by atoms with Gasteiger partial charge in [-0.25, -0.2) is 14.8 Å². The van der Waals surface area contributed by atoms with Crippen molar-refractivity contribution >= 4 is 42.0 Å². The van der Waals surface area contributed by atoms with E-state index in [0.29, 0.717) is 32.5 Å². The first-order valence-electron chi connectivity index (χ1n) is 8.92. The molecular weight excluding hydrogens is 506 g/mol. The molecule has 1 aromatic heterocycles. The lowest BCUT2D eigenvalue weighted by Crippen LogP contribution is -2.48. The molecule has 0 aliphatic carbocycles.